The number of ketones is 1. The minimum absolute atomic E-state index is 0.395. The third-order valence-electron chi connectivity index (χ3n) is 3.47. The van der Waals surface area contributed by atoms with Gasteiger partial charge in [-0.1, -0.05) is 18.2 Å². The second kappa shape index (κ2) is 5.13. The SMILES string of the molecule is CC(=O)C(C(C#N)C(N)=O)C1C(=O)Nc2ccccc21. The zero-order valence-electron chi connectivity index (χ0n) is 10.8. The predicted octanol–water partition coefficient (Wildman–Crippen LogP) is 0.553. The van der Waals surface area contributed by atoms with Crippen LogP contribution in [0.3, 0.4) is 0 Å². The molecule has 3 N–H and O–H groups in total. The van der Waals surface area contributed by atoms with E-state index in [4.69, 9.17) is 11.0 Å². The first-order valence-electron chi connectivity index (χ1n) is 6.06. The van der Waals surface area contributed by atoms with Crippen LogP contribution in [0.1, 0.15) is 18.4 Å². The van der Waals surface area contributed by atoms with Crippen molar-refractivity contribution in [3.63, 3.8) is 0 Å². The molecule has 0 radical (unpaired) electrons. The van der Waals surface area contributed by atoms with Crippen molar-refractivity contribution in [3.05, 3.63) is 29.8 Å². The number of primary amides is 1. The van der Waals surface area contributed by atoms with Gasteiger partial charge >= 0.3 is 0 Å². The Morgan fingerprint density at radius 3 is 2.60 bits per heavy atom. The number of rotatable bonds is 4. The van der Waals surface area contributed by atoms with Crippen LogP contribution < -0.4 is 11.1 Å². The molecule has 1 aliphatic heterocycles. The molecule has 0 bridgehead atoms. The van der Waals surface area contributed by atoms with Crippen LogP contribution in [0, 0.1) is 23.2 Å². The summed E-state index contributed by atoms with van der Waals surface area (Å²) in [7, 11) is 0. The first kappa shape index (κ1) is 13.7. The van der Waals surface area contributed by atoms with Gasteiger partial charge < -0.3 is 11.1 Å². The van der Waals surface area contributed by atoms with Crippen LogP contribution in [-0.2, 0) is 14.4 Å². The van der Waals surface area contributed by atoms with Crippen LogP contribution in [0.4, 0.5) is 5.69 Å². The van der Waals surface area contributed by atoms with Gasteiger partial charge in [0, 0.05) is 5.69 Å². The van der Waals surface area contributed by atoms with Gasteiger partial charge in [0.2, 0.25) is 11.8 Å². The summed E-state index contributed by atoms with van der Waals surface area (Å²) >= 11 is 0. The van der Waals surface area contributed by atoms with Gasteiger partial charge in [-0.05, 0) is 18.6 Å². The number of nitrogens with two attached hydrogens (primary N) is 1. The molecule has 2 amide bonds. The van der Waals surface area contributed by atoms with E-state index in [1.54, 1.807) is 30.3 Å². The van der Waals surface area contributed by atoms with E-state index in [1.807, 2.05) is 0 Å². The Labute approximate surface area is 115 Å². The molecule has 0 spiro atoms. The highest BCUT2D eigenvalue weighted by Crippen LogP contribution is 2.40. The number of carbonyl (C=O) groups is 3. The van der Waals surface area contributed by atoms with E-state index in [2.05, 4.69) is 5.32 Å². The molecular formula is C14H13N3O3. The first-order chi connectivity index (χ1) is 9.47. The number of nitrogens with zero attached hydrogens (tertiary/aromatic N) is 1. The van der Waals surface area contributed by atoms with Crippen LogP contribution in [-0.4, -0.2) is 17.6 Å². The van der Waals surface area contributed by atoms with E-state index in [-0.39, 0.29) is 0 Å². The number of anilines is 1. The fraction of sp³-hybridized carbons (Fsp3) is 0.286. The normalized spacial score (nSPS) is 19.4. The van der Waals surface area contributed by atoms with Crippen molar-refractivity contribution in [2.75, 3.05) is 5.32 Å². The molecule has 0 aromatic heterocycles. The van der Waals surface area contributed by atoms with Gasteiger partial charge in [0.1, 0.15) is 11.7 Å². The number of hydrogen-bond acceptors (Lipinski definition) is 4. The fourth-order valence-corrected chi connectivity index (χ4v) is 2.57. The molecule has 102 valence electrons. The number of benzene rings is 1. The number of carbonyl (C=O) groups excluding carboxylic acids is 3. The number of nitrogens with one attached hydrogen (secondary N) is 1. The second-order valence-electron chi connectivity index (χ2n) is 4.70. The number of para-hydroxylation sites is 1. The molecule has 1 aliphatic rings. The number of hydrogen-bond donors (Lipinski definition) is 2. The minimum atomic E-state index is -1.32. The van der Waals surface area contributed by atoms with E-state index in [9.17, 15) is 14.4 Å². The summed E-state index contributed by atoms with van der Waals surface area (Å²) in [6.07, 6.45) is 0. The maximum absolute atomic E-state index is 12.1. The van der Waals surface area contributed by atoms with Gasteiger partial charge in [0.25, 0.3) is 0 Å². The lowest BCUT2D eigenvalue weighted by Gasteiger charge is -2.22. The summed E-state index contributed by atoms with van der Waals surface area (Å²) < 4.78 is 0. The molecule has 0 saturated heterocycles. The van der Waals surface area contributed by atoms with E-state index in [0.717, 1.165) is 0 Å². The Bertz CT molecular complexity index is 633. The van der Waals surface area contributed by atoms with Gasteiger partial charge in [-0.3, -0.25) is 14.4 Å². The Hall–Kier alpha value is -2.68. The van der Waals surface area contributed by atoms with Crippen molar-refractivity contribution < 1.29 is 14.4 Å². The quantitative estimate of drug-likeness (QED) is 0.832. The summed E-state index contributed by atoms with van der Waals surface area (Å²) in [6, 6.07) is 8.62. The molecule has 1 aromatic carbocycles. The van der Waals surface area contributed by atoms with Crippen molar-refractivity contribution in [1.82, 2.24) is 0 Å². The molecule has 3 unspecified atom stereocenters. The van der Waals surface area contributed by atoms with Crippen LogP contribution in [0.25, 0.3) is 0 Å². The van der Waals surface area contributed by atoms with Crippen molar-refractivity contribution in [2.45, 2.75) is 12.8 Å². The maximum atomic E-state index is 12.1. The predicted molar refractivity (Wildman–Crippen MR) is 70.3 cm³/mol. The Morgan fingerprint density at radius 2 is 2.05 bits per heavy atom. The Balaban J connectivity index is 2.51. The molecule has 0 fully saturated rings. The van der Waals surface area contributed by atoms with Gasteiger partial charge in [0.05, 0.1) is 17.9 Å². The number of nitriles is 1. The lowest BCUT2D eigenvalue weighted by atomic mass is 9.76. The van der Waals surface area contributed by atoms with E-state index in [0.29, 0.717) is 11.3 Å². The molecular weight excluding hydrogens is 258 g/mol. The van der Waals surface area contributed by atoms with Gasteiger partial charge in [-0.15, -0.1) is 0 Å². The van der Waals surface area contributed by atoms with E-state index in [1.165, 1.54) is 6.92 Å². The molecule has 6 heteroatoms. The highest BCUT2D eigenvalue weighted by atomic mass is 16.2. The lowest BCUT2D eigenvalue weighted by molar-refractivity contribution is -0.132. The van der Waals surface area contributed by atoms with Crippen molar-refractivity contribution in [1.29, 1.82) is 5.26 Å². The highest BCUT2D eigenvalue weighted by molar-refractivity contribution is 6.06. The topological polar surface area (TPSA) is 113 Å². The van der Waals surface area contributed by atoms with E-state index < -0.39 is 35.4 Å². The number of fused-ring (bicyclic) bond motifs is 1. The van der Waals surface area contributed by atoms with Crippen LogP contribution in [0.15, 0.2) is 24.3 Å². The fourth-order valence-electron chi connectivity index (χ4n) is 2.57. The Morgan fingerprint density at radius 1 is 1.40 bits per heavy atom. The molecule has 0 aliphatic carbocycles. The summed E-state index contributed by atoms with van der Waals surface area (Å²) in [6.45, 7) is 1.26. The average Bonchev–Trinajstić information content (AvgIpc) is 2.71. The third kappa shape index (κ3) is 2.14. The highest BCUT2D eigenvalue weighted by Gasteiger charge is 2.44. The summed E-state index contributed by atoms with van der Waals surface area (Å²) in [4.78, 5) is 35.3. The molecule has 20 heavy (non-hydrogen) atoms. The Kier molecular flexibility index (Phi) is 3.53. The zero-order chi connectivity index (χ0) is 14.9. The van der Waals surface area contributed by atoms with Crippen LogP contribution >= 0.6 is 0 Å². The van der Waals surface area contributed by atoms with Crippen molar-refractivity contribution in [2.24, 2.45) is 17.6 Å². The second-order valence-corrected chi connectivity index (χ2v) is 4.70. The minimum Gasteiger partial charge on any atom is -0.369 e. The summed E-state index contributed by atoms with van der Waals surface area (Å²) in [5, 5.41) is 11.7. The van der Waals surface area contributed by atoms with Crippen LogP contribution in [0.2, 0.25) is 0 Å². The molecule has 2 rings (SSSR count). The van der Waals surface area contributed by atoms with Gasteiger partial charge in [-0.2, -0.15) is 5.26 Å². The summed E-state index contributed by atoms with van der Waals surface area (Å²) in [5.74, 6) is -4.96. The lowest BCUT2D eigenvalue weighted by Crippen LogP contribution is -2.38. The first-order valence-corrected chi connectivity index (χ1v) is 6.06. The molecule has 1 aromatic rings. The standard InChI is InChI=1S/C14H13N3O3/c1-7(18)11(9(6-15)13(16)19)12-8-4-2-3-5-10(8)17-14(12)20/h2-5,9,11-12H,1H3,(H2,16,19)(H,17,20). The smallest absolute Gasteiger partial charge is 0.235 e. The maximum Gasteiger partial charge on any atom is 0.235 e. The van der Waals surface area contributed by atoms with Gasteiger partial charge in [-0.25, -0.2) is 0 Å². The van der Waals surface area contributed by atoms with Crippen molar-refractivity contribution >= 4 is 23.3 Å². The third-order valence-corrected chi connectivity index (χ3v) is 3.47. The molecule has 3 atom stereocenters. The largest absolute Gasteiger partial charge is 0.369 e. The van der Waals surface area contributed by atoms with Crippen LogP contribution in [0.5, 0.6) is 0 Å². The molecule has 6 nitrogen and oxygen atoms in total. The number of Topliss-reactive ketones (excluding diaryl/α,β-unsaturated/α-hetero) is 1. The summed E-state index contributed by atoms with van der Waals surface area (Å²) in [5.41, 5.74) is 6.38. The molecule has 1 heterocycles. The van der Waals surface area contributed by atoms with E-state index >= 15 is 0 Å². The monoisotopic (exact) mass is 271 g/mol. The average molecular weight is 271 g/mol. The number of amides is 2. The van der Waals surface area contributed by atoms with Gasteiger partial charge in [0.15, 0.2) is 0 Å². The zero-order valence-corrected chi connectivity index (χ0v) is 10.8. The van der Waals surface area contributed by atoms with Crippen molar-refractivity contribution in [3.8, 4) is 6.07 Å². The molecule has 0 saturated carbocycles.